The third kappa shape index (κ3) is 4.48. The number of nitriles is 1. The molecule has 3 nitrogen and oxygen atoms in total. The Morgan fingerprint density at radius 1 is 1.33 bits per heavy atom. The molecule has 0 bridgehead atoms. The fraction of sp³-hybridized carbons (Fsp3) is 0.417. The molecule has 0 aliphatic rings. The number of hydrogen-bond donors (Lipinski definition) is 1. The molecule has 1 rings (SSSR count). The molecule has 0 fully saturated rings. The van der Waals surface area contributed by atoms with Gasteiger partial charge < -0.3 is 10.5 Å². The van der Waals surface area contributed by atoms with E-state index in [9.17, 15) is 0 Å². The molecule has 1 aromatic rings. The first-order chi connectivity index (χ1) is 7.36. The third-order valence-corrected chi connectivity index (χ3v) is 2.09. The average molecular weight is 204 g/mol. The summed E-state index contributed by atoms with van der Waals surface area (Å²) in [5, 5.41) is 8.35. The minimum atomic E-state index is 0.533. The van der Waals surface area contributed by atoms with E-state index in [1.54, 1.807) is 0 Å². The van der Waals surface area contributed by atoms with E-state index in [1.807, 2.05) is 24.3 Å². The Hall–Kier alpha value is -1.53. The highest BCUT2D eigenvalue weighted by molar-refractivity contribution is 5.28. The second-order valence-electron chi connectivity index (χ2n) is 3.32. The number of hydrogen-bond acceptors (Lipinski definition) is 3. The summed E-state index contributed by atoms with van der Waals surface area (Å²) in [6, 6.07) is 9.89. The van der Waals surface area contributed by atoms with Crippen LogP contribution in [0.2, 0.25) is 0 Å². The maximum Gasteiger partial charge on any atom is 0.119 e. The van der Waals surface area contributed by atoms with Crippen LogP contribution in [0, 0.1) is 11.3 Å². The zero-order valence-corrected chi connectivity index (χ0v) is 8.78. The van der Waals surface area contributed by atoms with Crippen molar-refractivity contribution in [3.8, 4) is 11.8 Å². The summed E-state index contributed by atoms with van der Waals surface area (Å²) in [6.07, 6.45) is 2.42. The summed E-state index contributed by atoms with van der Waals surface area (Å²) in [4.78, 5) is 0. The van der Waals surface area contributed by atoms with Gasteiger partial charge >= 0.3 is 0 Å². The lowest BCUT2D eigenvalue weighted by Crippen LogP contribution is -1.99. The summed E-state index contributed by atoms with van der Waals surface area (Å²) in [5.74, 6) is 0.856. The van der Waals surface area contributed by atoms with Gasteiger partial charge in [0.1, 0.15) is 5.75 Å². The molecule has 0 amide bonds. The molecule has 0 unspecified atom stereocenters. The van der Waals surface area contributed by atoms with Gasteiger partial charge in [0.05, 0.1) is 12.7 Å². The van der Waals surface area contributed by atoms with Crippen molar-refractivity contribution in [2.75, 3.05) is 6.61 Å². The van der Waals surface area contributed by atoms with E-state index in [-0.39, 0.29) is 0 Å². The first-order valence-electron chi connectivity index (χ1n) is 5.15. The molecule has 15 heavy (non-hydrogen) atoms. The lowest BCUT2D eigenvalue weighted by molar-refractivity contribution is 0.307. The zero-order chi connectivity index (χ0) is 10.9. The smallest absolute Gasteiger partial charge is 0.119 e. The van der Waals surface area contributed by atoms with Crippen molar-refractivity contribution in [1.82, 2.24) is 0 Å². The van der Waals surface area contributed by atoms with Crippen LogP contribution in [0.15, 0.2) is 24.3 Å². The fourth-order valence-electron chi connectivity index (χ4n) is 1.26. The van der Waals surface area contributed by atoms with E-state index in [2.05, 4.69) is 6.07 Å². The topological polar surface area (TPSA) is 59.0 Å². The van der Waals surface area contributed by atoms with Gasteiger partial charge in [-0.2, -0.15) is 5.26 Å². The van der Waals surface area contributed by atoms with Gasteiger partial charge in [0.15, 0.2) is 0 Å². The minimum Gasteiger partial charge on any atom is -0.494 e. The number of benzene rings is 1. The Labute approximate surface area is 90.5 Å². The normalized spacial score (nSPS) is 9.60. The van der Waals surface area contributed by atoms with Crippen LogP contribution in [-0.2, 0) is 6.54 Å². The maximum atomic E-state index is 8.35. The molecular weight excluding hydrogens is 188 g/mol. The quantitative estimate of drug-likeness (QED) is 0.723. The van der Waals surface area contributed by atoms with Crippen molar-refractivity contribution in [3.63, 3.8) is 0 Å². The predicted molar refractivity (Wildman–Crippen MR) is 59.3 cm³/mol. The maximum absolute atomic E-state index is 8.35. The molecule has 0 atom stereocenters. The lowest BCUT2D eigenvalue weighted by atomic mass is 10.2. The van der Waals surface area contributed by atoms with Crippen molar-refractivity contribution in [2.24, 2.45) is 5.73 Å². The highest BCUT2D eigenvalue weighted by atomic mass is 16.5. The van der Waals surface area contributed by atoms with Gasteiger partial charge in [-0.3, -0.25) is 0 Å². The Kier molecular flexibility index (Phi) is 5.28. The number of unbranched alkanes of at least 4 members (excludes halogenated alkanes) is 2. The molecule has 3 heteroatoms. The summed E-state index contributed by atoms with van der Waals surface area (Å²) >= 11 is 0. The second kappa shape index (κ2) is 6.86. The molecule has 1 aromatic carbocycles. The molecule has 80 valence electrons. The van der Waals surface area contributed by atoms with Crippen LogP contribution < -0.4 is 10.5 Å². The van der Waals surface area contributed by atoms with E-state index in [4.69, 9.17) is 15.7 Å². The van der Waals surface area contributed by atoms with Gasteiger partial charge in [-0.05, 0) is 30.5 Å². The van der Waals surface area contributed by atoms with Crippen LogP contribution in [0.25, 0.3) is 0 Å². The summed E-state index contributed by atoms with van der Waals surface area (Å²) < 4.78 is 5.53. The highest BCUT2D eigenvalue weighted by Gasteiger charge is 1.95. The molecule has 0 spiro atoms. The minimum absolute atomic E-state index is 0.533. The van der Waals surface area contributed by atoms with Crippen LogP contribution in [0.5, 0.6) is 5.75 Å². The van der Waals surface area contributed by atoms with Crippen LogP contribution in [-0.4, -0.2) is 6.61 Å². The van der Waals surface area contributed by atoms with Gasteiger partial charge in [0.25, 0.3) is 0 Å². The van der Waals surface area contributed by atoms with Crippen molar-refractivity contribution < 1.29 is 4.74 Å². The molecule has 0 saturated heterocycles. The number of nitrogens with two attached hydrogens (primary N) is 1. The standard InChI is InChI=1S/C12H16N2O/c13-7-2-1-3-8-15-12-6-4-5-11(9-12)10-14/h4-6,9H,1-3,8,10,14H2. The van der Waals surface area contributed by atoms with E-state index in [0.717, 1.165) is 24.2 Å². The molecule has 2 N–H and O–H groups in total. The predicted octanol–water partition coefficient (Wildman–Crippen LogP) is 2.22. The SMILES string of the molecule is N#CCCCCOc1cccc(CN)c1. The zero-order valence-electron chi connectivity index (χ0n) is 8.78. The van der Waals surface area contributed by atoms with E-state index in [0.29, 0.717) is 19.6 Å². The van der Waals surface area contributed by atoms with Crippen molar-refractivity contribution in [1.29, 1.82) is 5.26 Å². The number of ether oxygens (including phenoxy) is 1. The van der Waals surface area contributed by atoms with Gasteiger partial charge in [0, 0.05) is 13.0 Å². The molecule has 0 saturated carbocycles. The fourth-order valence-corrected chi connectivity index (χ4v) is 1.26. The number of rotatable bonds is 6. The summed E-state index contributed by atoms with van der Waals surface area (Å²) in [7, 11) is 0. The molecule has 0 aromatic heterocycles. The monoisotopic (exact) mass is 204 g/mol. The average Bonchev–Trinajstić information content (AvgIpc) is 2.29. The lowest BCUT2D eigenvalue weighted by Gasteiger charge is -2.06. The van der Waals surface area contributed by atoms with Crippen molar-refractivity contribution >= 4 is 0 Å². The Balaban J connectivity index is 2.28. The second-order valence-corrected chi connectivity index (χ2v) is 3.32. The molecule has 0 aliphatic heterocycles. The van der Waals surface area contributed by atoms with Crippen LogP contribution in [0.1, 0.15) is 24.8 Å². The van der Waals surface area contributed by atoms with Crippen LogP contribution >= 0.6 is 0 Å². The van der Waals surface area contributed by atoms with Crippen molar-refractivity contribution in [2.45, 2.75) is 25.8 Å². The molecular formula is C12H16N2O. The first kappa shape index (κ1) is 11.5. The van der Waals surface area contributed by atoms with Gasteiger partial charge in [-0.25, -0.2) is 0 Å². The number of nitrogens with zero attached hydrogens (tertiary/aromatic N) is 1. The Morgan fingerprint density at radius 2 is 2.20 bits per heavy atom. The Morgan fingerprint density at radius 3 is 2.93 bits per heavy atom. The van der Waals surface area contributed by atoms with Crippen molar-refractivity contribution in [3.05, 3.63) is 29.8 Å². The molecule has 0 aliphatic carbocycles. The van der Waals surface area contributed by atoms with E-state index < -0.39 is 0 Å². The van der Waals surface area contributed by atoms with Gasteiger partial charge in [-0.15, -0.1) is 0 Å². The largest absolute Gasteiger partial charge is 0.494 e. The van der Waals surface area contributed by atoms with Crippen LogP contribution in [0.4, 0.5) is 0 Å². The van der Waals surface area contributed by atoms with Gasteiger partial charge in [-0.1, -0.05) is 12.1 Å². The van der Waals surface area contributed by atoms with Crippen LogP contribution in [0.3, 0.4) is 0 Å². The highest BCUT2D eigenvalue weighted by Crippen LogP contribution is 2.13. The first-order valence-corrected chi connectivity index (χ1v) is 5.15. The third-order valence-electron chi connectivity index (χ3n) is 2.09. The summed E-state index contributed by atoms with van der Waals surface area (Å²) in [6.45, 7) is 1.20. The molecule has 0 heterocycles. The van der Waals surface area contributed by atoms with E-state index in [1.165, 1.54) is 0 Å². The Bertz CT molecular complexity index is 331. The van der Waals surface area contributed by atoms with E-state index >= 15 is 0 Å². The van der Waals surface area contributed by atoms with Gasteiger partial charge in [0.2, 0.25) is 0 Å². The molecule has 0 radical (unpaired) electrons. The summed E-state index contributed by atoms with van der Waals surface area (Å²) in [5.41, 5.74) is 6.60.